The molecule has 0 saturated carbocycles. The number of nitro benzene ring substituents is 1. The Morgan fingerprint density at radius 3 is 2.57 bits per heavy atom. The summed E-state index contributed by atoms with van der Waals surface area (Å²) in [5.74, 6) is -0.483. The lowest BCUT2D eigenvalue weighted by atomic mass is 9.96. The Hall–Kier alpha value is -1.69. The first-order valence-corrected chi connectivity index (χ1v) is 7.55. The summed E-state index contributed by atoms with van der Waals surface area (Å²) in [5, 5.41) is 14.2. The summed E-state index contributed by atoms with van der Waals surface area (Å²) in [6, 6.07) is 5.17. The monoisotopic (exact) mass is 293 g/mol. The molecule has 2 fully saturated rings. The molecule has 0 aromatic heterocycles. The van der Waals surface area contributed by atoms with Crippen LogP contribution in [0.5, 0.6) is 0 Å². The number of nitrogens with zero attached hydrogens (tertiary/aromatic N) is 2. The van der Waals surface area contributed by atoms with Gasteiger partial charge in [-0.2, -0.15) is 0 Å². The van der Waals surface area contributed by atoms with Crippen LogP contribution in [0.25, 0.3) is 0 Å². The van der Waals surface area contributed by atoms with E-state index in [0.717, 1.165) is 38.3 Å². The van der Waals surface area contributed by atoms with Crippen molar-refractivity contribution in [1.29, 1.82) is 0 Å². The molecule has 114 valence electrons. The zero-order valence-corrected chi connectivity index (χ0v) is 12.1. The molecule has 1 aromatic rings. The van der Waals surface area contributed by atoms with Crippen molar-refractivity contribution in [2.75, 3.05) is 11.4 Å². The molecule has 0 radical (unpaired) electrons. The molecule has 2 aliphatic heterocycles. The van der Waals surface area contributed by atoms with Gasteiger partial charge in [0.2, 0.25) is 0 Å². The summed E-state index contributed by atoms with van der Waals surface area (Å²) >= 11 is 0. The van der Waals surface area contributed by atoms with Crippen molar-refractivity contribution in [3.05, 3.63) is 34.1 Å². The van der Waals surface area contributed by atoms with E-state index in [1.807, 2.05) is 0 Å². The fourth-order valence-electron chi connectivity index (χ4n) is 3.84. The molecule has 1 N–H and O–H groups in total. The average molecular weight is 293 g/mol. The molecule has 2 atom stereocenters. The number of anilines is 1. The number of fused-ring (bicyclic) bond motifs is 2. The second-order valence-electron chi connectivity index (χ2n) is 5.91. The van der Waals surface area contributed by atoms with Crippen molar-refractivity contribution in [3.63, 3.8) is 0 Å². The maximum absolute atomic E-state index is 14.3. The largest absolute Gasteiger partial charge is 0.363 e. The molecule has 21 heavy (non-hydrogen) atoms. The van der Waals surface area contributed by atoms with Gasteiger partial charge < -0.3 is 10.2 Å². The van der Waals surface area contributed by atoms with Crippen LogP contribution in [0, 0.1) is 15.9 Å². The van der Waals surface area contributed by atoms with Crippen molar-refractivity contribution in [1.82, 2.24) is 5.32 Å². The van der Waals surface area contributed by atoms with Gasteiger partial charge in [0.25, 0.3) is 5.69 Å². The van der Waals surface area contributed by atoms with Crippen LogP contribution in [0.1, 0.15) is 32.6 Å². The van der Waals surface area contributed by atoms with Crippen LogP contribution in [0.3, 0.4) is 0 Å². The standard InChI is InChI=1S/C15H20FN3O2/c1-2-17-10-7-11-3-4-12(8-10)18(11)15-6-5-13(19(20)21)9-14(15)16/h5-6,9-12,17H,2-4,7-8H2,1H3. The molecule has 2 bridgehead atoms. The molecule has 1 aromatic carbocycles. The van der Waals surface area contributed by atoms with Gasteiger partial charge in [0.05, 0.1) is 16.7 Å². The number of hydrogen-bond acceptors (Lipinski definition) is 4. The van der Waals surface area contributed by atoms with Crippen LogP contribution >= 0.6 is 0 Å². The second-order valence-corrected chi connectivity index (χ2v) is 5.91. The third-order valence-corrected chi connectivity index (χ3v) is 4.65. The minimum atomic E-state index is -0.557. The smallest absolute Gasteiger partial charge is 0.272 e. The third kappa shape index (κ3) is 2.60. The number of halogens is 1. The lowest BCUT2D eigenvalue weighted by molar-refractivity contribution is -0.385. The quantitative estimate of drug-likeness (QED) is 0.685. The van der Waals surface area contributed by atoms with Crippen molar-refractivity contribution >= 4 is 11.4 Å². The van der Waals surface area contributed by atoms with Gasteiger partial charge >= 0.3 is 0 Å². The summed E-state index contributed by atoms with van der Waals surface area (Å²) in [4.78, 5) is 12.3. The molecule has 0 amide bonds. The van der Waals surface area contributed by atoms with Crippen LogP contribution in [-0.4, -0.2) is 29.6 Å². The molecule has 2 heterocycles. The van der Waals surface area contributed by atoms with E-state index < -0.39 is 10.7 Å². The van der Waals surface area contributed by atoms with Crippen molar-refractivity contribution in [2.45, 2.75) is 50.7 Å². The van der Waals surface area contributed by atoms with Gasteiger partial charge in [-0.1, -0.05) is 6.92 Å². The number of non-ortho nitro benzene ring substituents is 1. The van der Waals surface area contributed by atoms with Gasteiger partial charge in [-0.15, -0.1) is 0 Å². The van der Waals surface area contributed by atoms with Gasteiger partial charge in [-0.05, 0) is 38.3 Å². The zero-order chi connectivity index (χ0) is 15.0. The van der Waals surface area contributed by atoms with E-state index in [1.165, 1.54) is 6.07 Å². The van der Waals surface area contributed by atoms with Crippen molar-refractivity contribution in [2.24, 2.45) is 0 Å². The Morgan fingerprint density at radius 2 is 2.05 bits per heavy atom. The Morgan fingerprint density at radius 1 is 1.38 bits per heavy atom. The van der Waals surface area contributed by atoms with Crippen LogP contribution in [-0.2, 0) is 0 Å². The second kappa shape index (κ2) is 5.60. The summed E-state index contributed by atoms with van der Waals surface area (Å²) in [6.07, 6.45) is 4.17. The van der Waals surface area contributed by atoms with Crippen LogP contribution in [0.4, 0.5) is 15.8 Å². The molecule has 0 spiro atoms. The summed E-state index contributed by atoms with van der Waals surface area (Å²) in [7, 11) is 0. The normalized spacial score (nSPS) is 27.9. The van der Waals surface area contributed by atoms with E-state index in [1.54, 1.807) is 6.07 Å². The van der Waals surface area contributed by atoms with E-state index in [0.29, 0.717) is 23.8 Å². The van der Waals surface area contributed by atoms with Gasteiger partial charge in [0.15, 0.2) is 5.82 Å². The van der Waals surface area contributed by atoms with Gasteiger partial charge in [0, 0.05) is 24.2 Å². The number of piperidine rings is 1. The van der Waals surface area contributed by atoms with E-state index >= 15 is 0 Å². The Bertz CT molecular complexity index is 538. The molecule has 2 saturated heterocycles. The highest BCUT2D eigenvalue weighted by molar-refractivity contribution is 5.55. The van der Waals surface area contributed by atoms with E-state index in [2.05, 4.69) is 17.1 Å². The summed E-state index contributed by atoms with van der Waals surface area (Å²) in [6.45, 7) is 3.06. The van der Waals surface area contributed by atoms with E-state index in [-0.39, 0.29) is 5.69 Å². The van der Waals surface area contributed by atoms with Crippen LogP contribution < -0.4 is 10.2 Å². The highest BCUT2D eigenvalue weighted by atomic mass is 19.1. The average Bonchev–Trinajstić information content (AvgIpc) is 2.70. The van der Waals surface area contributed by atoms with Gasteiger partial charge in [-0.25, -0.2) is 4.39 Å². The first-order chi connectivity index (χ1) is 10.1. The van der Waals surface area contributed by atoms with E-state index in [9.17, 15) is 14.5 Å². The highest BCUT2D eigenvalue weighted by Gasteiger charge is 2.41. The maximum Gasteiger partial charge on any atom is 0.272 e. The minimum Gasteiger partial charge on any atom is -0.363 e. The predicted molar refractivity (Wildman–Crippen MR) is 79.0 cm³/mol. The van der Waals surface area contributed by atoms with Gasteiger partial charge in [0.1, 0.15) is 0 Å². The van der Waals surface area contributed by atoms with Gasteiger partial charge in [-0.3, -0.25) is 10.1 Å². The number of nitrogens with one attached hydrogen (secondary N) is 1. The first kappa shape index (κ1) is 14.3. The zero-order valence-electron chi connectivity index (χ0n) is 12.1. The Labute approximate surface area is 123 Å². The maximum atomic E-state index is 14.3. The highest BCUT2D eigenvalue weighted by Crippen LogP contribution is 2.40. The number of hydrogen-bond donors (Lipinski definition) is 1. The third-order valence-electron chi connectivity index (χ3n) is 4.65. The Kier molecular flexibility index (Phi) is 3.80. The van der Waals surface area contributed by atoms with E-state index in [4.69, 9.17) is 0 Å². The molecule has 2 aliphatic rings. The molecular weight excluding hydrogens is 273 g/mol. The lowest BCUT2D eigenvalue weighted by Crippen LogP contribution is -2.49. The predicted octanol–water partition coefficient (Wildman–Crippen LogP) is 2.84. The molecule has 0 aliphatic carbocycles. The first-order valence-electron chi connectivity index (χ1n) is 7.55. The molecular formula is C15H20FN3O2. The fraction of sp³-hybridized carbons (Fsp3) is 0.600. The minimum absolute atomic E-state index is 0.189. The topological polar surface area (TPSA) is 58.4 Å². The summed E-state index contributed by atoms with van der Waals surface area (Å²) in [5.41, 5.74) is 0.328. The fourth-order valence-corrected chi connectivity index (χ4v) is 3.84. The van der Waals surface area contributed by atoms with Crippen molar-refractivity contribution in [3.8, 4) is 0 Å². The molecule has 5 nitrogen and oxygen atoms in total. The molecule has 2 unspecified atom stereocenters. The Balaban J connectivity index is 1.84. The number of rotatable bonds is 4. The number of benzene rings is 1. The molecule has 3 rings (SSSR count). The lowest BCUT2D eigenvalue weighted by Gasteiger charge is -2.41. The number of nitro groups is 1. The molecule has 6 heteroatoms. The summed E-state index contributed by atoms with van der Waals surface area (Å²) < 4.78 is 14.3. The SMILES string of the molecule is CCNC1CC2CCC(C1)N2c1ccc([N+](=O)[O-])cc1F. The van der Waals surface area contributed by atoms with Crippen molar-refractivity contribution < 1.29 is 9.31 Å². The van der Waals surface area contributed by atoms with Crippen LogP contribution in [0.2, 0.25) is 0 Å². The van der Waals surface area contributed by atoms with Crippen LogP contribution in [0.15, 0.2) is 18.2 Å².